The minimum absolute atomic E-state index is 0.356. The first-order valence-electron chi connectivity index (χ1n) is 3.21. The van der Waals surface area contributed by atoms with Gasteiger partial charge in [0.15, 0.2) is 0 Å². The maximum atomic E-state index is 5.73. The van der Waals surface area contributed by atoms with Crippen molar-refractivity contribution in [3.05, 3.63) is 23.9 Å². The zero-order valence-corrected chi connectivity index (χ0v) is 6.21. The average molecular weight is 152 g/mol. The smallest absolute Gasteiger partial charge is 0.0582 e. The van der Waals surface area contributed by atoms with Gasteiger partial charge in [0, 0.05) is 11.9 Å². The lowest BCUT2D eigenvalue weighted by molar-refractivity contribution is 0.842. The van der Waals surface area contributed by atoms with Gasteiger partial charge in [0.1, 0.15) is 0 Å². The van der Waals surface area contributed by atoms with E-state index in [1.54, 1.807) is 11.9 Å². The lowest BCUT2D eigenvalue weighted by Crippen LogP contribution is -2.21. The highest BCUT2D eigenvalue weighted by Gasteiger charge is 2.26. The van der Waals surface area contributed by atoms with Crippen LogP contribution in [0.3, 0.4) is 0 Å². The molecule has 1 aliphatic heterocycles. The fourth-order valence-electron chi connectivity index (χ4n) is 1.14. The SMILES string of the molecule is NC1=CC=CC2SN=CC12. The number of hydrogen-bond donors (Lipinski definition) is 1. The summed E-state index contributed by atoms with van der Waals surface area (Å²) in [6.07, 6.45) is 8.00. The standard InChI is InChI=1S/C7H8N2S/c8-6-2-1-3-7-5(6)4-9-10-7/h1-5,7H,8H2. The zero-order chi connectivity index (χ0) is 6.97. The average Bonchev–Trinajstić information content (AvgIpc) is 2.36. The minimum Gasteiger partial charge on any atom is -0.401 e. The first kappa shape index (κ1) is 6.04. The molecule has 2 unspecified atom stereocenters. The Balaban J connectivity index is 2.30. The van der Waals surface area contributed by atoms with E-state index in [4.69, 9.17) is 5.73 Å². The molecule has 2 rings (SSSR count). The molecule has 0 saturated carbocycles. The fourth-order valence-corrected chi connectivity index (χ4v) is 2.00. The summed E-state index contributed by atoms with van der Waals surface area (Å²) in [5.74, 6) is 0.356. The summed E-state index contributed by atoms with van der Waals surface area (Å²) in [5.41, 5.74) is 6.66. The van der Waals surface area contributed by atoms with Gasteiger partial charge in [0.05, 0.1) is 11.2 Å². The molecule has 0 aromatic carbocycles. The van der Waals surface area contributed by atoms with E-state index in [0.717, 1.165) is 5.70 Å². The Morgan fingerprint density at radius 2 is 2.50 bits per heavy atom. The largest absolute Gasteiger partial charge is 0.401 e. The molecule has 0 spiro atoms. The third-order valence-corrected chi connectivity index (χ3v) is 2.67. The van der Waals surface area contributed by atoms with Gasteiger partial charge >= 0.3 is 0 Å². The molecule has 0 bridgehead atoms. The third kappa shape index (κ3) is 0.778. The van der Waals surface area contributed by atoms with Crippen molar-refractivity contribution < 1.29 is 0 Å². The monoisotopic (exact) mass is 152 g/mol. The number of rotatable bonds is 0. The van der Waals surface area contributed by atoms with E-state index >= 15 is 0 Å². The summed E-state index contributed by atoms with van der Waals surface area (Å²) in [4.78, 5) is 0. The molecule has 1 aliphatic carbocycles. The second-order valence-corrected chi connectivity index (χ2v) is 3.37. The van der Waals surface area contributed by atoms with Crippen LogP contribution in [0, 0.1) is 5.92 Å². The van der Waals surface area contributed by atoms with E-state index in [1.165, 1.54) is 0 Å². The maximum Gasteiger partial charge on any atom is 0.0582 e. The highest BCUT2D eigenvalue weighted by molar-refractivity contribution is 7.99. The van der Waals surface area contributed by atoms with Crippen LogP contribution in [-0.2, 0) is 0 Å². The predicted octanol–water partition coefficient (Wildman–Crippen LogP) is 1.12. The molecule has 2 aliphatic rings. The summed E-state index contributed by atoms with van der Waals surface area (Å²) in [5, 5.41) is 0.463. The van der Waals surface area contributed by atoms with Crippen molar-refractivity contribution in [2.75, 3.05) is 0 Å². The Bertz CT molecular complexity index is 230. The number of nitrogens with zero attached hydrogens (tertiary/aromatic N) is 1. The molecular weight excluding hydrogens is 144 g/mol. The lowest BCUT2D eigenvalue weighted by atomic mass is 9.98. The Labute approximate surface area is 64.0 Å². The van der Waals surface area contributed by atoms with Gasteiger partial charge in [-0.15, -0.1) is 0 Å². The van der Waals surface area contributed by atoms with Gasteiger partial charge in [-0.3, -0.25) is 0 Å². The molecule has 0 fully saturated rings. The van der Waals surface area contributed by atoms with Gasteiger partial charge in [-0.25, -0.2) is 4.40 Å². The quantitative estimate of drug-likeness (QED) is 0.528. The lowest BCUT2D eigenvalue weighted by Gasteiger charge is -2.15. The van der Waals surface area contributed by atoms with E-state index in [-0.39, 0.29) is 0 Å². The summed E-state index contributed by atoms with van der Waals surface area (Å²) in [6, 6.07) is 0. The summed E-state index contributed by atoms with van der Waals surface area (Å²) >= 11 is 1.59. The highest BCUT2D eigenvalue weighted by atomic mass is 32.2. The predicted molar refractivity (Wildman–Crippen MR) is 44.8 cm³/mol. The highest BCUT2D eigenvalue weighted by Crippen LogP contribution is 2.32. The van der Waals surface area contributed by atoms with E-state index in [0.29, 0.717) is 11.2 Å². The molecule has 0 aromatic rings. The van der Waals surface area contributed by atoms with Crippen molar-refractivity contribution in [3.63, 3.8) is 0 Å². The molecule has 0 aromatic heterocycles. The van der Waals surface area contributed by atoms with E-state index in [9.17, 15) is 0 Å². The molecule has 0 saturated heterocycles. The van der Waals surface area contributed by atoms with Crippen molar-refractivity contribution in [2.45, 2.75) is 5.25 Å². The zero-order valence-electron chi connectivity index (χ0n) is 5.40. The van der Waals surface area contributed by atoms with Crippen LogP contribution >= 0.6 is 11.9 Å². The van der Waals surface area contributed by atoms with Gasteiger partial charge in [0.2, 0.25) is 0 Å². The van der Waals surface area contributed by atoms with Crippen molar-refractivity contribution in [3.8, 4) is 0 Å². The van der Waals surface area contributed by atoms with Crippen LogP contribution in [0.1, 0.15) is 0 Å². The molecule has 3 heteroatoms. The van der Waals surface area contributed by atoms with Crippen LogP contribution in [0.2, 0.25) is 0 Å². The van der Waals surface area contributed by atoms with E-state index in [2.05, 4.69) is 10.5 Å². The summed E-state index contributed by atoms with van der Waals surface area (Å²) in [7, 11) is 0. The van der Waals surface area contributed by atoms with Crippen LogP contribution in [0.15, 0.2) is 28.3 Å². The second-order valence-electron chi connectivity index (χ2n) is 2.40. The van der Waals surface area contributed by atoms with Gasteiger partial charge in [0.25, 0.3) is 0 Å². The van der Waals surface area contributed by atoms with E-state index in [1.807, 2.05) is 18.4 Å². The Kier molecular flexibility index (Phi) is 1.31. The van der Waals surface area contributed by atoms with Crippen LogP contribution in [0.25, 0.3) is 0 Å². The molecule has 2 nitrogen and oxygen atoms in total. The maximum absolute atomic E-state index is 5.73. The summed E-state index contributed by atoms with van der Waals surface area (Å²) in [6.45, 7) is 0. The minimum atomic E-state index is 0.356. The topological polar surface area (TPSA) is 38.4 Å². The van der Waals surface area contributed by atoms with Crippen LogP contribution in [0.4, 0.5) is 0 Å². The molecule has 1 heterocycles. The normalized spacial score (nSPS) is 35.8. The van der Waals surface area contributed by atoms with Crippen LogP contribution in [0.5, 0.6) is 0 Å². The first-order chi connectivity index (χ1) is 4.88. The molecule has 52 valence electrons. The second kappa shape index (κ2) is 2.16. The van der Waals surface area contributed by atoms with Crippen molar-refractivity contribution in [2.24, 2.45) is 16.0 Å². The Hall–Kier alpha value is -0.700. The number of fused-ring (bicyclic) bond motifs is 1. The summed E-state index contributed by atoms with van der Waals surface area (Å²) < 4.78 is 4.10. The van der Waals surface area contributed by atoms with Crippen molar-refractivity contribution >= 4 is 18.2 Å². The number of nitrogens with two attached hydrogens (primary N) is 1. The van der Waals surface area contributed by atoms with Crippen LogP contribution in [-0.4, -0.2) is 11.5 Å². The Morgan fingerprint density at radius 3 is 3.30 bits per heavy atom. The number of hydrogen-bond acceptors (Lipinski definition) is 3. The number of allylic oxidation sites excluding steroid dienone is 3. The van der Waals surface area contributed by atoms with Gasteiger partial charge in [-0.1, -0.05) is 12.2 Å². The van der Waals surface area contributed by atoms with Crippen molar-refractivity contribution in [1.82, 2.24) is 0 Å². The molecule has 2 N–H and O–H groups in total. The molecule has 0 radical (unpaired) electrons. The molecule has 0 amide bonds. The van der Waals surface area contributed by atoms with Gasteiger partial charge in [-0.05, 0) is 18.0 Å². The Morgan fingerprint density at radius 1 is 1.60 bits per heavy atom. The van der Waals surface area contributed by atoms with E-state index < -0.39 is 0 Å². The van der Waals surface area contributed by atoms with Crippen LogP contribution < -0.4 is 5.73 Å². The molecular formula is C7H8N2S. The van der Waals surface area contributed by atoms with Gasteiger partial charge < -0.3 is 5.73 Å². The molecule has 2 atom stereocenters. The first-order valence-corrected chi connectivity index (χ1v) is 4.05. The van der Waals surface area contributed by atoms with Crippen molar-refractivity contribution in [1.29, 1.82) is 0 Å². The third-order valence-electron chi connectivity index (χ3n) is 1.73. The molecule has 10 heavy (non-hydrogen) atoms. The van der Waals surface area contributed by atoms with Gasteiger partial charge in [-0.2, -0.15) is 0 Å². The fraction of sp³-hybridized carbons (Fsp3) is 0.286.